The van der Waals surface area contributed by atoms with Gasteiger partial charge < -0.3 is 15.4 Å². The lowest BCUT2D eigenvalue weighted by molar-refractivity contribution is 0.268. The van der Waals surface area contributed by atoms with Crippen molar-refractivity contribution in [1.82, 2.24) is 9.47 Å². The number of nitrogens with zero attached hydrogens (tertiary/aromatic N) is 2. The Hall–Kier alpha value is -1.36. The molecular formula is C16H23N3O. The highest BCUT2D eigenvalue weighted by Crippen LogP contribution is 2.34. The maximum atomic E-state index is 9.45. The van der Waals surface area contributed by atoms with Gasteiger partial charge >= 0.3 is 0 Å². The topological polar surface area (TPSA) is 54.4 Å². The molecule has 2 aromatic rings. The molecular weight excluding hydrogens is 250 g/mol. The zero-order valence-corrected chi connectivity index (χ0v) is 12.5. The summed E-state index contributed by atoms with van der Waals surface area (Å²) in [6, 6.07) is 4.28. The number of aliphatic hydroxyl groups is 1. The van der Waals surface area contributed by atoms with Crippen LogP contribution in [-0.2, 0) is 19.6 Å². The van der Waals surface area contributed by atoms with Gasteiger partial charge in [-0.3, -0.25) is 4.90 Å². The summed E-state index contributed by atoms with van der Waals surface area (Å²) in [5.41, 5.74) is 12.5. The van der Waals surface area contributed by atoms with E-state index < -0.39 is 0 Å². The Kier molecular flexibility index (Phi) is 3.32. The van der Waals surface area contributed by atoms with Crippen molar-refractivity contribution in [3.8, 4) is 0 Å². The first-order valence-electron chi connectivity index (χ1n) is 7.26. The maximum absolute atomic E-state index is 9.45. The summed E-state index contributed by atoms with van der Waals surface area (Å²) < 4.78 is 2.30. The SMILES string of the molecule is CCn1c(C)c(C(N)CO)c2cc3c(cc21)CN(C)C3. The smallest absolute Gasteiger partial charge is 0.0625 e. The number of benzene rings is 1. The Morgan fingerprint density at radius 3 is 2.55 bits per heavy atom. The number of aromatic nitrogens is 1. The minimum Gasteiger partial charge on any atom is -0.394 e. The van der Waals surface area contributed by atoms with Crippen LogP contribution in [0.1, 0.15) is 35.3 Å². The minimum absolute atomic E-state index is 0.0132. The molecule has 108 valence electrons. The molecule has 1 aromatic heterocycles. The van der Waals surface area contributed by atoms with Gasteiger partial charge in [0.1, 0.15) is 0 Å². The van der Waals surface area contributed by atoms with Crippen molar-refractivity contribution in [2.24, 2.45) is 5.73 Å². The van der Waals surface area contributed by atoms with Gasteiger partial charge in [-0.25, -0.2) is 0 Å². The normalized spacial score (nSPS) is 16.9. The van der Waals surface area contributed by atoms with Crippen LogP contribution in [0.25, 0.3) is 10.9 Å². The van der Waals surface area contributed by atoms with Gasteiger partial charge in [0.2, 0.25) is 0 Å². The first kappa shape index (κ1) is 13.6. The summed E-state index contributed by atoms with van der Waals surface area (Å²) >= 11 is 0. The summed E-state index contributed by atoms with van der Waals surface area (Å²) in [6.45, 7) is 7.18. The predicted molar refractivity (Wildman–Crippen MR) is 81.5 cm³/mol. The standard InChI is InChI=1S/C16H23N3O/c1-4-19-10(2)16(14(17)9-20)13-5-11-7-18(3)8-12(11)6-15(13)19/h5-6,14,20H,4,7-9,17H2,1-3H3. The van der Waals surface area contributed by atoms with Gasteiger partial charge in [0.05, 0.1) is 12.6 Å². The van der Waals surface area contributed by atoms with Crippen LogP contribution in [0.15, 0.2) is 12.1 Å². The molecule has 1 aliphatic rings. The van der Waals surface area contributed by atoms with Gasteiger partial charge in [0.15, 0.2) is 0 Å². The van der Waals surface area contributed by atoms with E-state index in [0.717, 1.165) is 25.2 Å². The molecule has 0 aliphatic carbocycles. The number of nitrogens with two attached hydrogens (primary N) is 1. The largest absolute Gasteiger partial charge is 0.394 e. The molecule has 0 fully saturated rings. The highest BCUT2D eigenvalue weighted by Gasteiger charge is 2.22. The first-order chi connectivity index (χ1) is 9.56. The molecule has 0 spiro atoms. The lowest BCUT2D eigenvalue weighted by atomic mass is 10.0. The molecule has 0 amide bonds. The van der Waals surface area contributed by atoms with E-state index in [1.54, 1.807) is 0 Å². The van der Waals surface area contributed by atoms with Crippen LogP contribution in [0, 0.1) is 6.92 Å². The van der Waals surface area contributed by atoms with Crippen LogP contribution in [0.3, 0.4) is 0 Å². The van der Waals surface area contributed by atoms with E-state index in [2.05, 4.69) is 42.5 Å². The first-order valence-corrected chi connectivity index (χ1v) is 7.26. The molecule has 0 bridgehead atoms. The number of aryl methyl sites for hydroxylation is 1. The van der Waals surface area contributed by atoms with Crippen LogP contribution in [0.2, 0.25) is 0 Å². The summed E-state index contributed by atoms with van der Waals surface area (Å²) in [4.78, 5) is 2.32. The Balaban J connectivity index is 2.29. The van der Waals surface area contributed by atoms with Gasteiger partial charge in [-0.05, 0) is 49.7 Å². The van der Waals surface area contributed by atoms with Crippen molar-refractivity contribution in [3.63, 3.8) is 0 Å². The second kappa shape index (κ2) is 4.88. The van der Waals surface area contributed by atoms with E-state index in [9.17, 15) is 5.11 Å². The molecule has 1 aliphatic heterocycles. The molecule has 0 saturated carbocycles. The third-order valence-electron chi connectivity index (χ3n) is 4.46. The lowest BCUT2D eigenvalue weighted by Crippen LogP contribution is -2.15. The Morgan fingerprint density at radius 2 is 1.95 bits per heavy atom. The minimum atomic E-state index is -0.303. The zero-order valence-electron chi connectivity index (χ0n) is 12.5. The van der Waals surface area contributed by atoms with E-state index >= 15 is 0 Å². The molecule has 20 heavy (non-hydrogen) atoms. The molecule has 4 nitrogen and oxygen atoms in total. The number of hydrogen-bond acceptors (Lipinski definition) is 3. The van der Waals surface area contributed by atoms with E-state index in [1.165, 1.54) is 27.7 Å². The van der Waals surface area contributed by atoms with Gasteiger partial charge in [0, 0.05) is 36.2 Å². The van der Waals surface area contributed by atoms with Crippen molar-refractivity contribution >= 4 is 10.9 Å². The fraction of sp³-hybridized carbons (Fsp3) is 0.500. The second-order valence-electron chi connectivity index (χ2n) is 5.84. The Bertz CT molecular complexity index is 660. The fourth-order valence-electron chi connectivity index (χ4n) is 3.54. The van der Waals surface area contributed by atoms with E-state index in [0.29, 0.717) is 0 Å². The molecule has 0 saturated heterocycles. The Morgan fingerprint density at radius 1 is 1.30 bits per heavy atom. The van der Waals surface area contributed by atoms with Crippen LogP contribution in [-0.4, -0.2) is 28.2 Å². The molecule has 1 unspecified atom stereocenters. The number of fused-ring (bicyclic) bond motifs is 2. The van der Waals surface area contributed by atoms with Gasteiger partial charge in [-0.15, -0.1) is 0 Å². The molecule has 1 atom stereocenters. The fourth-order valence-corrected chi connectivity index (χ4v) is 3.54. The number of hydrogen-bond donors (Lipinski definition) is 2. The Labute approximate surface area is 119 Å². The molecule has 3 rings (SSSR count). The van der Waals surface area contributed by atoms with E-state index in [-0.39, 0.29) is 12.6 Å². The third kappa shape index (κ3) is 1.87. The average Bonchev–Trinajstić information content (AvgIpc) is 2.90. The number of aliphatic hydroxyl groups excluding tert-OH is 1. The van der Waals surface area contributed by atoms with Crippen molar-refractivity contribution < 1.29 is 5.11 Å². The van der Waals surface area contributed by atoms with E-state index in [4.69, 9.17) is 5.73 Å². The predicted octanol–water partition coefficient (Wildman–Crippen LogP) is 1.91. The summed E-state index contributed by atoms with van der Waals surface area (Å²) in [5, 5.41) is 10.7. The maximum Gasteiger partial charge on any atom is 0.0625 e. The lowest BCUT2D eigenvalue weighted by Gasteiger charge is -2.10. The van der Waals surface area contributed by atoms with Crippen LogP contribution in [0.5, 0.6) is 0 Å². The molecule has 3 N–H and O–H groups in total. The van der Waals surface area contributed by atoms with Crippen molar-refractivity contribution in [3.05, 3.63) is 34.5 Å². The zero-order chi connectivity index (χ0) is 14.4. The van der Waals surface area contributed by atoms with E-state index in [1.807, 2.05) is 0 Å². The van der Waals surface area contributed by atoms with Crippen molar-refractivity contribution in [1.29, 1.82) is 0 Å². The highest BCUT2D eigenvalue weighted by atomic mass is 16.3. The monoisotopic (exact) mass is 273 g/mol. The van der Waals surface area contributed by atoms with Crippen LogP contribution in [0.4, 0.5) is 0 Å². The van der Waals surface area contributed by atoms with Crippen LogP contribution < -0.4 is 5.73 Å². The number of rotatable bonds is 3. The molecule has 2 heterocycles. The summed E-state index contributed by atoms with van der Waals surface area (Å²) in [6.07, 6.45) is 0. The highest BCUT2D eigenvalue weighted by molar-refractivity contribution is 5.88. The van der Waals surface area contributed by atoms with Gasteiger partial charge in [0.25, 0.3) is 0 Å². The van der Waals surface area contributed by atoms with Crippen molar-refractivity contribution in [2.45, 2.75) is 39.5 Å². The molecule has 0 radical (unpaired) electrons. The van der Waals surface area contributed by atoms with Crippen LogP contribution >= 0.6 is 0 Å². The summed E-state index contributed by atoms with van der Waals surface area (Å²) in [7, 11) is 2.14. The average molecular weight is 273 g/mol. The van der Waals surface area contributed by atoms with Gasteiger partial charge in [-0.1, -0.05) is 0 Å². The van der Waals surface area contributed by atoms with Crippen molar-refractivity contribution in [2.75, 3.05) is 13.7 Å². The summed E-state index contributed by atoms with van der Waals surface area (Å²) in [5.74, 6) is 0. The second-order valence-corrected chi connectivity index (χ2v) is 5.84. The quantitative estimate of drug-likeness (QED) is 0.898. The van der Waals surface area contributed by atoms with Gasteiger partial charge in [-0.2, -0.15) is 0 Å². The third-order valence-corrected chi connectivity index (χ3v) is 4.46. The molecule has 1 aromatic carbocycles. The molecule has 4 heteroatoms.